The third-order valence-electron chi connectivity index (χ3n) is 13.1. The van der Waals surface area contributed by atoms with Gasteiger partial charge in [-0.25, -0.2) is 0 Å². The topological polar surface area (TPSA) is 120 Å². The van der Waals surface area contributed by atoms with Crippen molar-refractivity contribution in [2.45, 2.75) is 94.8 Å². The minimum absolute atomic E-state index is 0.0577. The average Bonchev–Trinajstić information content (AvgIpc) is 4.02. The van der Waals surface area contributed by atoms with Crippen LogP contribution in [0.5, 0.6) is 5.75 Å². The highest BCUT2D eigenvalue weighted by Crippen LogP contribution is 2.60. The third-order valence-corrected chi connectivity index (χ3v) is 17.5. The van der Waals surface area contributed by atoms with Gasteiger partial charge in [0.15, 0.2) is 5.60 Å². The van der Waals surface area contributed by atoms with Crippen LogP contribution in [0.3, 0.4) is 0 Å². The van der Waals surface area contributed by atoms with Gasteiger partial charge in [-0.15, -0.1) is 0 Å². The van der Waals surface area contributed by atoms with Crippen LogP contribution in [0.1, 0.15) is 63.0 Å². The van der Waals surface area contributed by atoms with Gasteiger partial charge in [0.25, 0.3) is 5.91 Å². The number of ether oxygens (including phenoxy) is 2. The van der Waals surface area contributed by atoms with E-state index in [1.54, 1.807) is 21.8 Å². The Kier molecular flexibility index (Phi) is 9.88. The molecule has 290 valence electrons. The Bertz CT molecular complexity index is 2000. The van der Waals surface area contributed by atoms with E-state index in [0.29, 0.717) is 32.5 Å². The van der Waals surface area contributed by atoms with Gasteiger partial charge in [-0.3, -0.25) is 19.2 Å². The smallest absolute Gasteiger partial charge is 0.264 e. The lowest BCUT2D eigenvalue weighted by molar-refractivity contribution is -0.150. The maximum Gasteiger partial charge on any atom is 0.264 e. The number of methoxy groups -OCH3 is 1. The molecule has 5 aliphatic rings. The number of aliphatic hydroxyl groups is 1. The number of nitrogens with zero attached hydrogens (tertiary/aromatic N) is 4. The van der Waals surface area contributed by atoms with Crippen LogP contribution in [0.15, 0.2) is 66.7 Å². The Labute approximate surface area is 324 Å². The Morgan fingerprint density at radius 1 is 0.909 bits per heavy atom. The second-order valence-corrected chi connectivity index (χ2v) is 21.2. The molecular weight excluding hydrogens is 713 g/mol. The fraction of sp³-hybridized carbons (Fsp3) is 0.488. The summed E-state index contributed by atoms with van der Waals surface area (Å²) in [5.74, 6) is 0.330. The van der Waals surface area contributed by atoms with Crippen LogP contribution in [0.25, 0.3) is 0 Å². The molecule has 12 heteroatoms. The molecule has 4 fully saturated rings. The number of carbonyl (C=O) groups excluding carboxylic acids is 4. The number of anilines is 3. The minimum Gasteiger partial charge on any atom is -0.497 e. The second kappa shape index (κ2) is 14.5. The molecule has 3 aromatic carbocycles. The van der Waals surface area contributed by atoms with Crippen molar-refractivity contribution < 1.29 is 33.8 Å². The van der Waals surface area contributed by atoms with Gasteiger partial charge >= 0.3 is 0 Å². The van der Waals surface area contributed by atoms with Crippen LogP contribution in [0.2, 0.25) is 18.6 Å². The highest BCUT2D eigenvalue weighted by Gasteiger charge is 2.66. The van der Waals surface area contributed by atoms with Gasteiger partial charge in [0, 0.05) is 55.3 Å². The van der Waals surface area contributed by atoms with Crippen molar-refractivity contribution in [1.29, 1.82) is 0 Å². The first-order chi connectivity index (χ1) is 26.5. The average molecular weight is 765 g/mol. The zero-order valence-electron chi connectivity index (χ0n) is 32.3. The van der Waals surface area contributed by atoms with E-state index in [1.165, 1.54) is 5.19 Å². The molecule has 4 amide bonds. The molecule has 1 spiro atoms. The largest absolute Gasteiger partial charge is 0.497 e. The van der Waals surface area contributed by atoms with E-state index in [4.69, 9.17) is 9.47 Å². The quantitative estimate of drug-likeness (QED) is 0.286. The van der Waals surface area contributed by atoms with Crippen LogP contribution < -0.4 is 24.6 Å². The van der Waals surface area contributed by atoms with Crippen LogP contribution in [-0.4, -0.2) is 87.2 Å². The van der Waals surface area contributed by atoms with Crippen molar-refractivity contribution in [1.82, 2.24) is 4.90 Å². The summed E-state index contributed by atoms with van der Waals surface area (Å²) in [6.07, 6.45) is 3.72. The predicted octanol–water partition coefficient (Wildman–Crippen LogP) is 5.09. The lowest BCUT2D eigenvalue weighted by Crippen LogP contribution is -2.52. The summed E-state index contributed by atoms with van der Waals surface area (Å²) in [5.41, 5.74) is 2.34. The summed E-state index contributed by atoms with van der Waals surface area (Å²) in [7, 11) is -0.885. The molecule has 5 atom stereocenters. The Hall–Kier alpha value is -4.52. The van der Waals surface area contributed by atoms with Crippen molar-refractivity contribution in [3.63, 3.8) is 0 Å². The summed E-state index contributed by atoms with van der Waals surface area (Å²) >= 11 is 0. The molecule has 11 nitrogen and oxygen atoms in total. The number of benzene rings is 3. The molecule has 8 rings (SSSR count). The third kappa shape index (κ3) is 6.26. The Morgan fingerprint density at radius 3 is 2.24 bits per heavy atom. The van der Waals surface area contributed by atoms with Gasteiger partial charge < -0.3 is 34.2 Å². The molecule has 1 N–H and O–H groups in total. The van der Waals surface area contributed by atoms with Gasteiger partial charge in [0.1, 0.15) is 5.75 Å². The summed E-state index contributed by atoms with van der Waals surface area (Å²) < 4.78 is 12.8. The lowest BCUT2D eigenvalue weighted by Gasteiger charge is -2.37. The molecule has 0 saturated carbocycles. The molecular formula is C43H52N4O7Si. The van der Waals surface area contributed by atoms with Crippen molar-refractivity contribution in [3.8, 4) is 5.75 Å². The maximum absolute atomic E-state index is 15.5. The van der Waals surface area contributed by atoms with Crippen molar-refractivity contribution in [3.05, 3.63) is 77.9 Å². The van der Waals surface area contributed by atoms with Gasteiger partial charge in [-0.1, -0.05) is 49.5 Å². The van der Waals surface area contributed by atoms with Gasteiger partial charge in [0.05, 0.1) is 52.6 Å². The Morgan fingerprint density at radius 2 is 1.60 bits per heavy atom. The van der Waals surface area contributed by atoms with E-state index >= 15 is 4.79 Å². The van der Waals surface area contributed by atoms with Crippen molar-refractivity contribution >= 4 is 54.0 Å². The lowest BCUT2D eigenvalue weighted by atomic mass is 9.82. The van der Waals surface area contributed by atoms with Crippen molar-refractivity contribution in [2.24, 2.45) is 5.92 Å². The number of carbonyl (C=O) groups is 4. The van der Waals surface area contributed by atoms with Gasteiger partial charge in [0.2, 0.25) is 17.7 Å². The fourth-order valence-electron chi connectivity index (χ4n) is 10.3. The van der Waals surface area contributed by atoms with Gasteiger partial charge in [-0.2, -0.15) is 0 Å². The predicted molar refractivity (Wildman–Crippen MR) is 213 cm³/mol. The summed E-state index contributed by atoms with van der Waals surface area (Å²) in [4.78, 5) is 62.6. The minimum atomic E-state index is -2.53. The number of aliphatic hydroxyl groups excluding tert-OH is 1. The van der Waals surface area contributed by atoms with Crippen LogP contribution >= 0.6 is 0 Å². The number of hydrogen-bond donors (Lipinski definition) is 1. The fourth-order valence-corrected chi connectivity index (χ4v) is 14.3. The number of rotatable bonds is 10. The molecule has 0 radical (unpaired) electrons. The number of fused-ring (bicyclic) bond motifs is 2. The molecule has 5 aliphatic heterocycles. The summed E-state index contributed by atoms with van der Waals surface area (Å²) in [6.45, 7) is 8.76. The molecule has 0 aliphatic carbocycles. The van der Waals surface area contributed by atoms with E-state index in [1.807, 2.05) is 59.5 Å². The molecule has 55 heavy (non-hydrogen) atoms. The SMILES string of the molecule is COc1ccc([Si](C)(C)[C@H]2[C@H](CC(=O)N3CCC[C@H]3CO)O[C@@]3(C(=O)N(Cc4cccc(N5CCCC5=O)c4)c4ccc(N5CCCC5=O)cc43)[C@@H]2C)cc1. The zero-order valence-corrected chi connectivity index (χ0v) is 33.3. The summed E-state index contributed by atoms with van der Waals surface area (Å²) in [5, 5.41) is 11.3. The molecule has 3 aromatic rings. The normalized spacial score (nSPS) is 26.6. The maximum atomic E-state index is 15.5. The van der Waals surface area contributed by atoms with Gasteiger partial charge in [-0.05, 0) is 79.3 Å². The second-order valence-electron chi connectivity index (χ2n) is 16.5. The Balaban J connectivity index is 1.23. The van der Waals surface area contributed by atoms with E-state index in [-0.39, 0.29) is 60.7 Å². The first-order valence-electron chi connectivity index (χ1n) is 19.9. The highest BCUT2D eigenvalue weighted by molar-refractivity contribution is 6.91. The zero-order chi connectivity index (χ0) is 38.6. The van der Waals surface area contributed by atoms with E-state index < -0.39 is 19.8 Å². The monoisotopic (exact) mass is 764 g/mol. The number of likely N-dealkylation sites (tertiary alicyclic amines) is 1. The van der Waals surface area contributed by atoms with Crippen LogP contribution in [0, 0.1) is 5.92 Å². The first kappa shape index (κ1) is 37.4. The van der Waals surface area contributed by atoms with E-state index in [0.717, 1.165) is 59.6 Å². The molecule has 0 aromatic heterocycles. The van der Waals surface area contributed by atoms with Crippen molar-refractivity contribution in [2.75, 3.05) is 48.1 Å². The standard InChI is InChI=1S/C43H52N4O7Si/c1-28-41(55(3,4)34-17-15-33(53-2)16-18-34)37(25-40(51)46-20-6-11-32(46)27-48)54-43(28)35-24-31(45-22-8-13-39(45)50)14-19-36(35)47(42(43)52)26-29-9-5-10-30(23-29)44-21-7-12-38(44)49/h5,9-10,14-19,23-24,28,32,37,41,48H,6-8,11-13,20-22,25-27H2,1-4H3/t28-,32+,37+,41-,43+/m1/s1. The highest BCUT2D eigenvalue weighted by atomic mass is 28.3. The summed E-state index contributed by atoms with van der Waals surface area (Å²) in [6, 6.07) is 21.6. The number of hydrogen-bond acceptors (Lipinski definition) is 7. The molecule has 0 unspecified atom stereocenters. The van der Waals surface area contributed by atoms with Crippen LogP contribution in [0.4, 0.5) is 17.1 Å². The molecule has 5 heterocycles. The first-order valence-corrected chi connectivity index (χ1v) is 22.9. The van der Waals surface area contributed by atoms with E-state index in [2.05, 4.69) is 32.2 Å². The molecule has 0 bridgehead atoms. The van der Waals surface area contributed by atoms with Crippen LogP contribution in [-0.2, 0) is 36.1 Å². The van der Waals surface area contributed by atoms with E-state index in [9.17, 15) is 19.5 Å². The molecule has 4 saturated heterocycles. The number of amides is 4.